The van der Waals surface area contributed by atoms with Crippen LogP contribution in [0.5, 0.6) is 5.75 Å². The summed E-state index contributed by atoms with van der Waals surface area (Å²) in [6.07, 6.45) is 6.31. The number of nitrogens with zero attached hydrogens (tertiary/aromatic N) is 2. The summed E-state index contributed by atoms with van der Waals surface area (Å²) in [7, 11) is 0. The fraction of sp³-hybridized carbons (Fsp3) is 0.250. The maximum atomic E-state index is 12.9. The lowest BCUT2D eigenvalue weighted by molar-refractivity contribution is -0.140. The average molecular weight is 530 g/mol. The van der Waals surface area contributed by atoms with Gasteiger partial charge in [-0.15, -0.1) is 0 Å². The number of amides is 2. The Balaban J connectivity index is 1.38. The molecule has 1 saturated heterocycles. The first-order valence-electron chi connectivity index (χ1n) is 10.4. The molecule has 168 valence electrons. The van der Waals surface area contributed by atoms with Crippen LogP contribution in [0.3, 0.4) is 0 Å². The lowest BCUT2D eigenvalue weighted by atomic mass is 9.85. The number of allylic oxidation sites excluding steroid dienone is 2. The van der Waals surface area contributed by atoms with Gasteiger partial charge in [-0.1, -0.05) is 35.9 Å². The molecule has 2 amide bonds. The third kappa shape index (κ3) is 3.87. The van der Waals surface area contributed by atoms with Crippen molar-refractivity contribution in [1.82, 2.24) is 5.01 Å². The van der Waals surface area contributed by atoms with Gasteiger partial charge in [-0.05, 0) is 64.0 Å². The van der Waals surface area contributed by atoms with E-state index in [0.717, 1.165) is 11.4 Å². The number of fused-ring (bicyclic) bond motifs is 5. The summed E-state index contributed by atoms with van der Waals surface area (Å²) in [4.78, 5) is 36.9. The number of hydrogen-bond donors (Lipinski definition) is 1. The third-order valence-electron chi connectivity index (χ3n) is 6.35. The molecule has 33 heavy (non-hydrogen) atoms. The molecule has 7 nitrogen and oxygen atoms in total. The van der Waals surface area contributed by atoms with Crippen LogP contribution in [0.1, 0.15) is 27.9 Å². The average Bonchev–Trinajstić information content (AvgIpc) is 3.46. The summed E-state index contributed by atoms with van der Waals surface area (Å²) in [5.74, 6) is -1.59. The van der Waals surface area contributed by atoms with Gasteiger partial charge in [0, 0.05) is 10.6 Å². The van der Waals surface area contributed by atoms with E-state index < -0.39 is 5.97 Å². The maximum absolute atomic E-state index is 12.9. The highest BCUT2D eigenvalue weighted by Gasteiger charge is 2.59. The summed E-state index contributed by atoms with van der Waals surface area (Å²) in [6.45, 7) is 0.100. The fourth-order valence-corrected chi connectivity index (χ4v) is 5.85. The molecule has 2 aromatic rings. The molecule has 1 aliphatic heterocycles. The number of carboxylic acid groups (broad SMARTS) is 1. The van der Waals surface area contributed by atoms with Crippen LogP contribution in [0, 0.1) is 23.7 Å². The van der Waals surface area contributed by atoms with Gasteiger partial charge in [-0.3, -0.25) is 9.59 Å². The molecule has 9 heteroatoms. The number of imide groups is 1. The SMILES string of the molecule is O=C(O)c1cccc(COc2c(Br)cc(Cl)cc2C=NN2C(=O)[C@@H]3[C@H](C2=O)[C@H]2C=C[C@H]3C2)c1. The number of carbonyl (C=O) groups is 3. The van der Waals surface area contributed by atoms with Crippen LogP contribution < -0.4 is 4.74 Å². The molecule has 5 rings (SSSR count). The van der Waals surface area contributed by atoms with Crippen molar-refractivity contribution in [3.8, 4) is 5.75 Å². The largest absolute Gasteiger partial charge is 0.487 e. The van der Waals surface area contributed by atoms with Crippen LogP contribution in [0.15, 0.2) is 58.1 Å². The van der Waals surface area contributed by atoms with Crippen molar-refractivity contribution < 1.29 is 24.2 Å². The quantitative estimate of drug-likeness (QED) is 0.337. The van der Waals surface area contributed by atoms with Crippen LogP contribution in [0.4, 0.5) is 0 Å². The number of carboxylic acids is 1. The van der Waals surface area contributed by atoms with E-state index in [2.05, 4.69) is 21.0 Å². The van der Waals surface area contributed by atoms with Crippen molar-refractivity contribution in [2.24, 2.45) is 28.8 Å². The fourth-order valence-electron chi connectivity index (χ4n) is 4.90. The van der Waals surface area contributed by atoms with E-state index in [1.54, 1.807) is 24.3 Å². The predicted molar refractivity (Wildman–Crippen MR) is 124 cm³/mol. The molecule has 2 aromatic carbocycles. The Kier molecular flexibility index (Phi) is 5.58. The van der Waals surface area contributed by atoms with Crippen molar-refractivity contribution in [1.29, 1.82) is 0 Å². The van der Waals surface area contributed by atoms with E-state index in [9.17, 15) is 19.5 Å². The molecule has 0 radical (unpaired) electrons. The number of ether oxygens (including phenoxy) is 1. The highest BCUT2D eigenvalue weighted by atomic mass is 79.9. The summed E-state index contributed by atoms with van der Waals surface area (Å²) in [5.41, 5.74) is 1.30. The summed E-state index contributed by atoms with van der Waals surface area (Å²) < 4.78 is 6.50. The maximum Gasteiger partial charge on any atom is 0.335 e. The molecule has 0 aromatic heterocycles. The van der Waals surface area contributed by atoms with Crippen LogP contribution in [-0.4, -0.2) is 34.1 Å². The number of hydrazone groups is 1. The summed E-state index contributed by atoms with van der Waals surface area (Å²) in [5, 5.41) is 14.8. The zero-order chi connectivity index (χ0) is 23.3. The van der Waals surface area contributed by atoms with E-state index in [1.165, 1.54) is 18.3 Å². The number of rotatable bonds is 6. The molecule has 2 aliphatic carbocycles. The minimum absolute atomic E-state index is 0.100. The van der Waals surface area contributed by atoms with Crippen LogP contribution in [0.25, 0.3) is 0 Å². The standard InChI is InChI=1S/C24H18BrClN2O5/c25-18-9-17(26)8-16(21(18)33-11-12-2-1-3-15(6-12)24(31)32)10-27-28-22(29)19-13-4-5-14(7-13)20(19)23(28)30/h1-6,8-10,13-14,19-20H,7,11H2,(H,31,32)/t13-,14-,19-,20+/m0/s1. The van der Waals surface area contributed by atoms with E-state index in [-0.39, 0.29) is 47.7 Å². The zero-order valence-electron chi connectivity index (χ0n) is 17.2. The van der Waals surface area contributed by atoms with Crippen molar-refractivity contribution in [3.05, 3.63) is 74.7 Å². The molecule has 2 bridgehead atoms. The molecule has 2 fully saturated rings. The topological polar surface area (TPSA) is 96.3 Å². The third-order valence-corrected chi connectivity index (χ3v) is 7.16. The van der Waals surface area contributed by atoms with Gasteiger partial charge in [0.2, 0.25) is 0 Å². The zero-order valence-corrected chi connectivity index (χ0v) is 19.5. The van der Waals surface area contributed by atoms with Gasteiger partial charge in [-0.25, -0.2) is 4.79 Å². The molecule has 1 N–H and O–H groups in total. The Hall–Kier alpha value is -2.97. The normalized spacial score (nSPS) is 25.3. The van der Waals surface area contributed by atoms with Gasteiger partial charge in [0.05, 0.1) is 28.1 Å². The Bertz CT molecular complexity index is 1210. The Labute approximate surface area is 202 Å². The Morgan fingerprint density at radius 3 is 2.55 bits per heavy atom. The highest BCUT2D eigenvalue weighted by Crippen LogP contribution is 2.52. The van der Waals surface area contributed by atoms with Crippen molar-refractivity contribution in [2.75, 3.05) is 0 Å². The minimum atomic E-state index is -1.02. The molecule has 1 heterocycles. The molecule has 0 spiro atoms. The number of aromatic carboxylic acids is 1. The van der Waals surface area contributed by atoms with Gasteiger partial charge in [0.1, 0.15) is 12.4 Å². The Morgan fingerprint density at radius 2 is 1.88 bits per heavy atom. The number of benzene rings is 2. The van der Waals surface area contributed by atoms with Crippen LogP contribution in [-0.2, 0) is 16.2 Å². The first kappa shape index (κ1) is 21.9. The van der Waals surface area contributed by atoms with Gasteiger partial charge >= 0.3 is 5.97 Å². The lowest BCUT2D eigenvalue weighted by Crippen LogP contribution is -2.28. The van der Waals surface area contributed by atoms with Crippen LogP contribution in [0.2, 0.25) is 5.02 Å². The lowest BCUT2D eigenvalue weighted by Gasteiger charge is -2.14. The molecule has 4 atom stereocenters. The number of carbonyl (C=O) groups excluding carboxylic acids is 2. The number of hydrogen-bond acceptors (Lipinski definition) is 5. The van der Waals surface area contributed by atoms with E-state index in [4.69, 9.17) is 16.3 Å². The van der Waals surface area contributed by atoms with Crippen molar-refractivity contribution in [2.45, 2.75) is 13.0 Å². The first-order chi connectivity index (χ1) is 15.8. The van der Waals surface area contributed by atoms with Gasteiger partial charge in [0.15, 0.2) is 0 Å². The highest BCUT2D eigenvalue weighted by molar-refractivity contribution is 9.10. The Morgan fingerprint density at radius 1 is 1.18 bits per heavy atom. The van der Waals surface area contributed by atoms with E-state index in [1.807, 2.05) is 12.2 Å². The first-order valence-corrected chi connectivity index (χ1v) is 11.5. The van der Waals surface area contributed by atoms with Crippen molar-refractivity contribution in [3.63, 3.8) is 0 Å². The second-order valence-corrected chi connectivity index (χ2v) is 9.62. The molecule has 0 unspecified atom stereocenters. The van der Waals surface area contributed by atoms with Gasteiger partial charge in [-0.2, -0.15) is 10.1 Å². The smallest absolute Gasteiger partial charge is 0.335 e. The monoisotopic (exact) mass is 528 g/mol. The second-order valence-electron chi connectivity index (χ2n) is 8.33. The number of halogens is 2. The molecular weight excluding hydrogens is 512 g/mol. The second kappa shape index (κ2) is 8.43. The van der Waals surface area contributed by atoms with E-state index in [0.29, 0.717) is 26.4 Å². The van der Waals surface area contributed by atoms with E-state index >= 15 is 0 Å². The molecule has 1 saturated carbocycles. The summed E-state index contributed by atoms with van der Waals surface area (Å²) in [6, 6.07) is 9.71. The molecule has 3 aliphatic rings. The van der Waals surface area contributed by atoms with Crippen molar-refractivity contribution >= 4 is 51.5 Å². The van der Waals surface area contributed by atoms with Gasteiger partial charge < -0.3 is 9.84 Å². The van der Waals surface area contributed by atoms with Gasteiger partial charge in [0.25, 0.3) is 11.8 Å². The minimum Gasteiger partial charge on any atom is -0.487 e. The van der Waals surface area contributed by atoms with Crippen LogP contribution >= 0.6 is 27.5 Å². The summed E-state index contributed by atoms with van der Waals surface area (Å²) >= 11 is 9.63. The predicted octanol–water partition coefficient (Wildman–Crippen LogP) is 4.52. The molecular formula is C24H18BrClN2O5.